The standard InChI is InChI=1S/C19H14Cl2N2O/c20-15-10-6-9-14(17(15)21)19(24)23-18(13-7-2-1-3-8-13)16-11-4-5-12-22-16/h1-12,18H,(H,23,24). The van der Waals surface area contributed by atoms with Crippen LogP contribution in [0.4, 0.5) is 0 Å². The predicted octanol–water partition coefficient (Wildman–Crippen LogP) is 4.91. The Morgan fingerprint density at radius 2 is 1.67 bits per heavy atom. The molecule has 1 aromatic heterocycles. The molecule has 0 radical (unpaired) electrons. The molecular weight excluding hydrogens is 343 g/mol. The molecule has 1 amide bonds. The van der Waals surface area contributed by atoms with E-state index in [9.17, 15) is 4.79 Å². The van der Waals surface area contributed by atoms with Crippen molar-refractivity contribution in [2.75, 3.05) is 0 Å². The number of aromatic nitrogens is 1. The lowest BCUT2D eigenvalue weighted by molar-refractivity contribution is 0.0942. The molecule has 1 N–H and O–H groups in total. The number of hydrogen-bond donors (Lipinski definition) is 1. The van der Waals surface area contributed by atoms with Crippen LogP contribution in [0.25, 0.3) is 0 Å². The first-order chi connectivity index (χ1) is 11.7. The van der Waals surface area contributed by atoms with Gasteiger partial charge in [-0.2, -0.15) is 0 Å². The van der Waals surface area contributed by atoms with Crippen LogP contribution in [-0.4, -0.2) is 10.9 Å². The molecule has 1 unspecified atom stereocenters. The van der Waals surface area contributed by atoms with Crippen molar-refractivity contribution in [1.29, 1.82) is 0 Å². The Morgan fingerprint density at radius 3 is 2.38 bits per heavy atom. The number of carbonyl (C=O) groups is 1. The maximum atomic E-state index is 12.7. The predicted molar refractivity (Wildman–Crippen MR) is 96.5 cm³/mol. The first-order valence-electron chi connectivity index (χ1n) is 7.37. The van der Waals surface area contributed by atoms with Crippen molar-refractivity contribution in [1.82, 2.24) is 10.3 Å². The van der Waals surface area contributed by atoms with Crippen molar-refractivity contribution >= 4 is 29.1 Å². The van der Waals surface area contributed by atoms with Gasteiger partial charge in [-0.3, -0.25) is 9.78 Å². The van der Waals surface area contributed by atoms with Crippen molar-refractivity contribution in [2.45, 2.75) is 6.04 Å². The van der Waals surface area contributed by atoms with E-state index in [1.165, 1.54) is 0 Å². The Morgan fingerprint density at radius 1 is 0.917 bits per heavy atom. The summed E-state index contributed by atoms with van der Waals surface area (Å²) in [6.45, 7) is 0. The number of rotatable bonds is 4. The van der Waals surface area contributed by atoms with Crippen LogP contribution in [0.1, 0.15) is 27.7 Å². The second-order valence-electron chi connectivity index (χ2n) is 5.17. The van der Waals surface area contributed by atoms with E-state index in [-0.39, 0.29) is 17.0 Å². The van der Waals surface area contributed by atoms with Gasteiger partial charge in [0.25, 0.3) is 5.91 Å². The Balaban J connectivity index is 1.95. The summed E-state index contributed by atoms with van der Waals surface area (Å²) in [5.74, 6) is -0.304. The lowest BCUT2D eigenvalue weighted by Crippen LogP contribution is -2.30. The molecule has 1 heterocycles. The van der Waals surface area contributed by atoms with Crippen LogP contribution in [0.15, 0.2) is 72.9 Å². The zero-order valence-electron chi connectivity index (χ0n) is 12.6. The van der Waals surface area contributed by atoms with Gasteiger partial charge in [0.05, 0.1) is 27.3 Å². The fourth-order valence-corrected chi connectivity index (χ4v) is 2.79. The maximum Gasteiger partial charge on any atom is 0.253 e. The smallest absolute Gasteiger partial charge is 0.253 e. The Bertz CT molecular complexity index is 799. The monoisotopic (exact) mass is 356 g/mol. The Labute approximate surface area is 150 Å². The van der Waals surface area contributed by atoms with Gasteiger partial charge in [0, 0.05) is 6.20 Å². The minimum Gasteiger partial charge on any atom is -0.339 e. The van der Waals surface area contributed by atoms with Crippen molar-refractivity contribution in [3.63, 3.8) is 0 Å². The second kappa shape index (κ2) is 7.47. The number of pyridine rings is 1. The van der Waals surface area contributed by atoms with Gasteiger partial charge >= 0.3 is 0 Å². The zero-order valence-corrected chi connectivity index (χ0v) is 14.1. The number of amides is 1. The largest absolute Gasteiger partial charge is 0.339 e. The van der Waals surface area contributed by atoms with Gasteiger partial charge in [-0.1, -0.05) is 65.7 Å². The van der Waals surface area contributed by atoms with E-state index in [1.54, 1.807) is 24.4 Å². The summed E-state index contributed by atoms with van der Waals surface area (Å²) in [6, 6.07) is 19.9. The first-order valence-corrected chi connectivity index (χ1v) is 8.13. The number of benzene rings is 2. The van der Waals surface area contributed by atoms with Crippen molar-refractivity contribution < 1.29 is 4.79 Å². The average Bonchev–Trinajstić information content (AvgIpc) is 2.63. The molecule has 0 spiro atoms. The molecule has 24 heavy (non-hydrogen) atoms. The van der Waals surface area contributed by atoms with Crippen LogP contribution in [0.2, 0.25) is 10.0 Å². The highest BCUT2D eigenvalue weighted by Crippen LogP contribution is 2.27. The molecule has 3 nitrogen and oxygen atoms in total. The van der Waals surface area contributed by atoms with Crippen molar-refractivity contribution in [3.8, 4) is 0 Å². The summed E-state index contributed by atoms with van der Waals surface area (Å²) in [4.78, 5) is 17.1. The fourth-order valence-electron chi connectivity index (χ4n) is 2.41. The third-order valence-electron chi connectivity index (χ3n) is 3.59. The highest BCUT2D eigenvalue weighted by Gasteiger charge is 2.20. The third-order valence-corrected chi connectivity index (χ3v) is 4.41. The lowest BCUT2D eigenvalue weighted by Gasteiger charge is -2.19. The molecular formula is C19H14Cl2N2O. The number of carbonyl (C=O) groups excluding carboxylic acids is 1. The minimum atomic E-state index is -0.380. The van der Waals surface area contributed by atoms with E-state index in [4.69, 9.17) is 23.2 Å². The van der Waals surface area contributed by atoms with E-state index in [2.05, 4.69) is 10.3 Å². The van der Waals surface area contributed by atoms with Gasteiger partial charge in [0.2, 0.25) is 0 Å². The second-order valence-corrected chi connectivity index (χ2v) is 5.96. The molecule has 1 atom stereocenters. The van der Waals surface area contributed by atoms with Gasteiger partial charge in [0.1, 0.15) is 0 Å². The summed E-state index contributed by atoms with van der Waals surface area (Å²) in [7, 11) is 0. The van der Waals surface area contributed by atoms with Gasteiger partial charge in [0.15, 0.2) is 0 Å². The van der Waals surface area contributed by atoms with Crippen molar-refractivity contribution in [3.05, 3.63) is 99.8 Å². The molecule has 2 aromatic carbocycles. The first kappa shape index (κ1) is 16.5. The van der Waals surface area contributed by atoms with E-state index < -0.39 is 0 Å². The Kier molecular flexibility index (Phi) is 5.14. The molecule has 0 aliphatic rings. The van der Waals surface area contributed by atoms with Crippen LogP contribution >= 0.6 is 23.2 Å². The number of nitrogens with one attached hydrogen (secondary N) is 1. The van der Waals surface area contributed by atoms with Crippen LogP contribution in [-0.2, 0) is 0 Å². The SMILES string of the molecule is O=C(NC(c1ccccc1)c1ccccn1)c1cccc(Cl)c1Cl. The van der Waals surface area contributed by atoms with E-state index >= 15 is 0 Å². The van der Waals surface area contributed by atoms with Gasteiger partial charge < -0.3 is 5.32 Å². The molecule has 0 aliphatic heterocycles. The summed E-state index contributed by atoms with van der Waals surface area (Å²) < 4.78 is 0. The van der Waals surface area contributed by atoms with Crippen LogP contribution in [0.3, 0.4) is 0 Å². The molecule has 0 bridgehead atoms. The summed E-state index contributed by atoms with van der Waals surface area (Å²) >= 11 is 12.2. The van der Waals surface area contributed by atoms with E-state index in [0.717, 1.165) is 11.3 Å². The molecule has 3 aromatic rings. The normalized spacial score (nSPS) is 11.8. The number of hydrogen-bond acceptors (Lipinski definition) is 2. The van der Waals surface area contributed by atoms with Crippen molar-refractivity contribution in [2.24, 2.45) is 0 Å². The molecule has 0 saturated heterocycles. The van der Waals surface area contributed by atoms with Crippen LogP contribution in [0, 0.1) is 0 Å². The molecule has 0 aliphatic carbocycles. The number of halogens is 2. The molecule has 5 heteroatoms. The summed E-state index contributed by atoms with van der Waals surface area (Å²) in [5.41, 5.74) is 2.01. The highest BCUT2D eigenvalue weighted by atomic mass is 35.5. The molecule has 3 rings (SSSR count). The fraction of sp³-hybridized carbons (Fsp3) is 0.0526. The van der Waals surface area contributed by atoms with Gasteiger partial charge in [-0.05, 0) is 29.8 Å². The molecule has 0 fully saturated rings. The molecule has 120 valence electrons. The zero-order chi connectivity index (χ0) is 16.9. The maximum absolute atomic E-state index is 12.7. The minimum absolute atomic E-state index is 0.240. The summed E-state index contributed by atoms with van der Waals surface area (Å²) in [6.07, 6.45) is 1.70. The lowest BCUT2D eigenvalue weighted by atomic mass is 10.0. The van der Waals surface area contributed by atoms with E-state index in [0.29, 0.717) is 10.6 Å². The van der Waals surface area contributed by atoms with Gasteiger partial charge in [-0.15, -0.1) is 0 Å². The Hall–Kier alpha value is -2.36. The van der Waals surface area contributed by atoms with Crippen LogP contribution in [0.5, 0.6) is 0 Å². The summed E-state index contributed by atoms with van der Waals surface area (Å²) in [5, 5.41) is 3.58. The number of nitrogens with zero attached hydrogens (tertiary/aromatic N) is 1. The topological polar surface area (TPSA) is 42.0 Å². The van der Waals surface area contributed by atoms with Crippen LogP contribution < -0.4 is 5.32 Å². The molecule has 0 saturated carbocycles. The average molecular weight is 357 g/mol. The quantitative estimate of drug-likeness (QED) is 0.721. The highest BCUT2D eigenvalue weighted by molar-refractivity contribution is 6.43. The third kappa shape index (κ3) is 3.58. The van der Waals surface area contributed by atoms with E-state index in [1.807, 2.05) is 48.5 Å². The van der Waals surface area contributed by atoms with Gasteiger partial charge in [-0.25, -0.2) is 0 Å².